The van der Waals surface area contributed by atoms with Crippen LogP contribution in [0.2, 0.25) is 5.02 Å². The molecule has 1 amide bonds. The number of aryl methyl sites for hydroxylation is 1. The Morgan fingerprint density at radius 1 is 1.04 bits per heavy atom. The molecule has 0 bridgehead atoms. The fourth-order valence-electron chi connectivity index (χ4n) is 3.48. The van der Waals surface area contributed by atoms with Gasteiger partial charge in [0.2, 0.25) is 0 Å². The number of aromatic nitrogens is 3. The smallest absolute Gasteiger partial charge is 0.328 e. The van der Waals surface area contributed by atoms with E-state index in [1.165, 1.54) is 0 Å². The van der Waals surface area contributed by atoms with Crippen molar-refractivity contribution in [2.45, 2.75) is 13.1 Å². The number of carbonyl (C=O) groups excluding carboxylic acids is 1. The number of hydrogen-bond donors (Lipinski definition) is 3. The van der Waals surface area contributed by atoms with Gasteiger partial charge < -0.3 is 10.6 Å². The van der Waals surface area contributed by atoms with E-state index >= 15 is 0 Å². The average Bonchev–Trinajstić information content (AvgIpc) is 3.04. The quantitative estimate of drug-likeness (QED) is 0.457. The van der Waals surface area contributed by atoms with Crippen LogP contribution in [-0.4, -0.2) is 16.0 Å². The molecule has 0 saturated heterocycles. The summed E-state index contributed by atoms with van der Waals surface area (Å²) in [6, 6.07) is 19.2. The highest BCUT2D eigenvalue weighted by molar-refractivity contribution is 6.30. The Morgan fingerprint density at radius 2 is 1.79 bits per heavy atom. The second-order valence-corrected chi connectivity index (χ2v) is 7.20. The van der Waals surface area contributed by atoms with Crippen molar-refractivity contribution in [3.05, 3.63) is 82.5 Å². The fraction of sp³-hybridized carbons (Fsp3) is 0.0952. The Balaban J connectivity index is 1.63. The van der Waals surface area contributed by atoms with Gasteiger partial charge in [-0.2, -0.15) is 0 Å². The van der Waals surface area contributed by atoms with Crippen molar-refractivity contribution < 1.29 is 9.48 Å². The first kappa shape index (κ1) is 16.8. The lowest BCUT2D eigenvalue weighted by molar-refractivity contribution is -0.632. The fourth-order valence-corrected chi connectivity index (χ4v) is 3.61. The molecular weight excluding hydrogens is 374 g/mol. The summed E-state index contributed by atoms with van der Waals surface area (Å²) < 4.78 is 1.93. The number of halogens is 1. The first-order valence-electron chi connectivity index (χ1n) is 8.94. The maximum Gasteiger partial charge on any atom is 0.358 e. The van der Waals surface area contributed by atoms with E-state index in [0.29, 0.717) is 16.4 Å². The van der Waals surface area contributed by atoms with Crippen LogP contribution in [0.4, 0.5) is 5.82 Å². The molecule has 0 unspecified atom stereocenters. The highest BCUT2D eigenvalue weighted by atomic mass is 35.5. The van der Waals surface area contributed by atoms with Crippen LogP contribution in [0.5, 0.6) is 0 Å². The molecule has 138 valence electrons. The normalized spacial score (nSPS) is 15.8. The molecule has 28 heavy (non-hydrogen) atoms. The van der Waals surface area contributed by atoms with Crippen LogP contribution in [0.1, 0.15) is 27.8 Å². The molecule has 3 N–H and O–H groups in total. The predicted octanol–water partition coefficient (Wildman–Crippen LogP) is 3.66. The van der Waals surface area contributed by atoms with Crippen molar-refractivity contribution in [1.29, 1.82) is 0 Å². The SMILES string of the molecule is Cc1[nH][n+](-c2ccccc2)c2nc3c(cc12)C(=O)N[C@H](c1ccc(Cl)cc1)N3. The molecule has 1 atom stereocenters. The van der Waals surface area contributed by atoms with Crippen LogP contribution < -0.4 is 15.3 Å². The lowest BCUT2D eigenvalue weighted by Crippen LogP contribution is -2.39. The molecule has 4 aromatic rings. The van der Waals surface area contributed by atoms with E-state index in [2.05, 4.69) is 15.7 Å². The maximum atomic E-state index is 12.7. The van der Waals surface area contributed by atoms with Crippen molar-refractivity contribution in [2.24, 2.45) is 0 Å². The minimum Gasteiger partial charge on any atom is -0.328 e. The van der Waals surface area contributed by atoms with Gasteiger partial charge in [0.15, 0.2) is 5.69 Å². The van der Waals surface area contributed by atoms with E-state index < -0.39 is 0 Å². The van der Waals surface area contributed by atoms with Gasteiger partial charge in [0, 0.05) is 5.02 Å². The molecule has 7 heteroatoms. The van der Waals surface area contributed by atoms with Crippen LogP contribution in [0.15, 0.2) is 60.7 Å². The van der Waals surface area contributed by atoms with Crippen molar-refractivity contribution in [3.63, 3.8) is 0 Å². The molecule has 2 aromatic carbocycles. The van der Waals surface area contributed by atoms with E-state index in [4.69, 9.17) is 16.6 Å². The monoisotopic (exact) mass is 390 g/mol. The molecule has 6 nitrogen and oxygen atoms in total. The van der Waals surface area contributed by atoms with E-state index in [1.807, 2.05) is 60.1 Å². The summed E-state index contributed by atoms with van der Waals surface area (Å²) in [6.45, 7) is 1.97. The number of H-pyrrole nitrogens is 1. The predicted molar refractivity (Wildman–Crippen MR) is 108 cm³/mol. The molecule has 1 aliphatic rings. The number of fused-ring (bicyclic) bond motifs is 2. The zero-order chi connectivity index (χ0) is 19.3. The van der Waals surface area contributed by atoms with Crippen molar-refractivity contribution in [3.8, 4) is 5.69 Å². The third-order valence-corrected chi connectivity index (χ3v) is 5.17. The Morgan fingerprint density at radius 3 is 2.54 bits per heavy atom. The third kappa shape index (κ3) is 2.70. The van der Waals surface area contributed by atoms with Crippen molar-refractivity contribution in [1.82, 2.24) is 15.4 Å². The van der Waals surface area contributed by atoms with Gasteiger partial charge in [-0.25, -0.2) is 5.10 Å². The van der Waals surface area contributed by atoms with Gasteiger partial charge >= 0.3 is 5.65 Å². The Labute approximate surface area is 166 Å². The van der Waals surface area contributed by atoms with Crippen LogP contribution in [-0.2, 0) is 0 Å². The summed E-state index contributed by atoms with van der Waals surface area (Å²) in [5.74, 6) is 0.398. The number of anilines is 1. The number of aromatic amines is 1. The molecule has 0 fully saturated rings. The highest BCUT2D eigenvalue weighted by Crippen LogP contribution is 2.28. The van der Waals surface area contributed by atoms with Crippen LogP contribution in [0.3, 0.4) is 0 Å². The zero-order valence-corrected chi connectivity index (χ0v) is 15.8. The maximum absolute atomic E-state index is 12.7. The second kappa shape index (κ2) is 6.35. The number of nitrogens with zero attached hydrogens (tertiary/aromatic N) is 2. The number of carbonyl (C=O) groups is 1. The minimum atomic E-state index is -0.368. The van der Waals surface area contributed by atoms with E-state index in [1.54, 1.807) is 12.1 Å². The van der Waals surface area contributed by atoms with Gasteiger partial charge in [0.25, 0.3) is 11.7 Å². The molecule has 0 spiro atoms. The third-order valence-electron chi connectivity index (χ3n) is 4.92. The lowest BCUT2D eigenvalue weighted by Gasteiger charge is -2.25. The number of benzene rings is 2. The standard InChI is InChI=1S/C21H16ClN5O/c1-12-16-11-17-19(24-20(16)27(26-12)15-5-3-2-4-6-15)23-18(25-21(17)28)13-7-9-14(22)10-8-13/h2-11,18H,1H3,(H2,23,24,25,26,28)/p+1/t18-/m1/s1. The number of hydrogen-bond acceptors (Lipinski definition) is 3. The van der Waals surface area contributed by atoms with Crippen LogP contribution in [0.25, 0.3) is 16.7 Å². The Hall–Kier alpha value is -3.38. The zero-order valence-electron chi connectivity index (χ0n) is 15.0. The van der Waals surface area contributed by atoms with E-state index in [9.17, 15) is 4.79 Å². The number of nitrogens with one attached hydrogen (secondary N) is 3. The summed E-state index contributed by atoms with van der Waals surface area (Å²) in [4.78, 5) is 17.5. The Bertz CT molecular complexity index is 1200. The Kier molecular flexibility index (Phi) is 3.80. The molecule has 5 rings (SSSR count). The summed E-state index contributed by atoms with van der Waals surface area (Å²) in [5.41, 5.74) is 4.12. The number of rotatable bonds is 2. The largest absolute Gasteiger partial charge is 0.358 e. The van der Waals surface area contributed by atoms with Crippen LogP contribution in [0, 0.1) is 6.92 Å². The molecule has 0 radical (unpaired) electrons. The molecular formula is C21H17ClN5O+. The van der Waals surface area contributed by atoms with Gasteiger partial charge in [-0.15, -0.1) is 4.68 Å². The molecule has 1 aliphatic heterocycles. The number of para-hydroxylation sites is 1. The summed E-state index contributed by atoms with van der Waals surface area (Å²) in [6.07, 6.45) is -0.368. The topological polar surface area (TPSA) is 73.7 Å². The van der Waals surface area contributed by atoms with Crippen molar-refractivity contribution >= 4 is 34.4 Å². The second-order valence-electron chi connectivity index (χ2n) is 6.77. The molecule has 0 saturated carbocycles. The first-order chi connectivity index (χ1) is 13.6. The van der Waals surface area contributed by atoms with Gasteiger partial charge in [-0.1, -0.05) is 41.9 Å². The number of amides is 1. The lowest BCUT2D eigenvalue weighted by atomic mass is 10.1. The summed E-state index contributed by atoms with van der Waals surface area (Å²) in [7, 11) is 0. The van der Waals surface area contributed by atoms with Crippen molar-refractivity contribution in [2.75, 3.05) is 5.32 Å². The summed E-state index contributed by atoms with van der Waals surface area (Å²) in [5, 5.41) is 11.2. The van der Waals surface area contributed by atoms with Gasteiger partial charge in [0.05, 0.1) is 11.1 Å². The van der Waals surface area contributed by atoms with E-state index in [-0.39, 0.29) is 12.1 Å². The number of pyridine rings is 1. The molecule has 2 aromatic heterocycles. The summed E-state index contributed by atoms with van der Waals surface area (Å²) >= 11 is 5.98. The first-order valence-corrected chi connectivity index (χ1v) is 9.31. The van der Waals surface area contributed by atoms with Crippen LogP contribution >= 0.6 is 11.6 Å². The average molecular weight is 391 g/mol. The van der Waals surface area contributed by atoms with Gasteiger partial charge in [-0.3, -0.25) is 4.79 Å². The molecule has 0 aliphatic carbocycles. The van der Waals surface area contributed by atoms with Gasteiger partial charge in [-0.05, 0) is 47.8 Å². The minimum absolute atomic E-state index is 0.157. The van der Waals surface area contributed by atoms with E-state index in [0.717, 1.165) is 28.0 Å². The van der Waals surface area contributed by atoms with Gasteiger partial charge in [0.1, 0.15) is 11.7 Å². The highest BCUT2D eigenvalue weighted by Gasteiger charge is 2.32. The molecule has 3 heterocycles.